The predicted octanol–water partition coefficient (Wildman–Crippen LogP) is -1.86. The standard InChI is InChI=1S/C24H27N11O6S2/c1-2-41-31-14(18-30-24(27)43-32-18)20(37)29-15-21(38)35-16(23(39)40)11(9-42-22(15)35)8-33-6-3-4-13-19(33)28-10-34(13)7-5-12(25)17(26)36/h3-4,6,10,12,15,22H,2,5,7-9,25H2,1H3,(H5-,26,27,29,30,32,36,37,39,40)/p+1/b31-14-/t12-,15?,22?/m0/s1. The number of carboxylic acids is 1. The minimum absolute atomic E-state index is 0.0499. The van der Waals surface area contributed by atoms with E-state index in [0.717, 1.165) is 17.0 Å². The lowest BCUT2D eigenvalue weighted by Gasteiger charge is -2.49. The lowest BCUT2D eigenvalue weighted by Crippen LogP contribution is -2.71. The Balaban J connectivity index is 1.35. The van der Waals surface area contributed by atoms with Crippen molar-refractivity contribution >= 4 is 69.0 Å². The van der Waals surface area contributed by atoms with Crippen LogP contribution < -0.4 is 27.1 Å². The van der Waals surface area contributed by atoms with Gasteiger partial charge in [0.05, 0.1) is 12.2 Å². The van der Waals surface area contributed by atoms with Crippen LogP contribution in [0.2, 0.25) is 0 Å². The zero-order valence-electron chi connectivity index (χ0n) is 22.7. The summed E-state index contributed by atoms with van der Waals surface area (Å²) >= 11 is 2.19. The van der Waals surface area contributed by atoms with Gasteiger partial charge in [-0.2, -0.15) is 9.36 Å². The van der Waals surface area contributed by atoms with Crippen LogP contribution >= 0.6 is 23.3 Å². The molecule has 2 aliphatic rings. The molecule has 43 heavy (non-hydrogen) atoms. The summed E-state index contributed by atoms with van der Waals surface area (Å²) in [7, 11) is 0. The molecule has 0 radical (unpaired) electrons. The van der Waals surface area contributed by atoms with Gasteiger partial charge in [-0.1, -0.05) is 5.16 Å². The number of hydrogen-bond acceptors (Lipinski definition) is 13. The summed E-state index contributed by atoms with van der Waals surface area (Å²) in [4.78, 5) is 64.6. The fourth-order valence-corrected chi connectivity index (χ4v) is 6.44. The highest BCUT2D eigenvalue weighted by Crippen LogP contribution is 2.40. The average molecular weight is 631 g/mol. The van der Waals surface area contributed by atoms with Gasteiger partial charge >= 0.3 is 11.6 Å². The molecule has 3 amide bonds. The molecular formula is C24H28N11O6S2+. The van der Waals surface area contributed by atoms with Gasteiger partial charge in [0, 0.05) is 29.4 Å². The van der Waals surface area contributed by atoms with Crippen LogP contribution in [0.4, 0.5) is 5.13 Å². The van der Waals surface area contributed by atoms with E-state index in [-0.39, 0.29) is 41.3 Å². The van der Waals surface area contributed by atoms with Crippen molar-refractivity contribution in [2.24, 2.45) is 16.6 Å². The number of amides is 3. The van der Waals surface area contributed by atoms with E-state index < -0.39 is 41.1 Å². The number of pyridine rings is 1. The maximum absolute atomic E-state index is 13.2. The number of aromatic nitrogens is 5. The van der Waals surface area contributed by atoms with E-state index in [0.29, 0.717) is 24.2 Å². The zero-order chi connectivity index (χ0) is 30.8. The number of carboxylic acid groups (broad SMARTS) is 1. The first-order chi connectivity index (χ1) is 20.6. The van der Waals surface area contributed by atoms with Crippen molar-refractivity contribution < 1.29 is 33.7 Å². The van der Waals surface area contributed by atoms with Gasteiger partial charge in [-0.15, -0.1) is 11.8 Å². The molecule has 17 nitrogen and oxygen atoms in total. The highest BCUT2D eigenvalue weighted by molar-refractivity contribution is 8.00. The van der Waals surface area contributed by atoms with Gasteiger partial charge in [0.25, 0.3) is 11.8 Å². The van der Waals surface area contributed by atoms with Crippen LogP contribution in [0.3, 0.4) is 0 Å². The van der Waals surface area contributed by atoms with E-state index in [1.807, 2.05) is 10.6 Å². The molecule has 226 valence electrons. The number of fused-ring (bicyclic) bond motifs is 2. The number of β-lactam (4-membered cyclic amide) rings is 1. The number of thioether (sulfide) groups is 1. The van der Waals surface area contributed by atoms with Crippen LogP contribution in [0, 0.1) is 0 Å². The second-order valence-corrected chi connectivity index (χ2v) is 11.4. The summed E-state index contributed by atoms with van der Waals surface area (Å²) in [5, 5.41) is 16.0. The Labute approximate surface area is 251 Å². The Morgan fingerprint density at radius 2 is 2.16 bits per heavy atom. The van der Waals surface area contributed by atoms with Gasteiger partial charge in [-0.25, -0.2) is 9.36 Å². The molecule has 5 rings (SSSR count). The molecule has 1 fully saturated rings. The van der Waals surface area contributed by atoms with Crippen LogP contribution in [0.5, 0.6) is 0 Å². The van der Waals surface area contributed by atoms with Crippen LogP contribution in [0.25, 0.3) is 11.2 Å². The zero-order valence-corrected chi connectivity index (χ0v) is 24.4. The van der Waals surface area contributed by atoms with Gasteiger partial charge in [0.15, 0.2) is 5.13 Å². The van der Waals surface area contributed by atoms with Crippen LogP contribution in [-0.4, -0.2) is 88.1 Å². The normalized spacial score (nSPS) is 19.2. The number of primary amides is 1. The molecule has 1 saturated heterocycles. The quantitative estimate of drug-likeness (QED) is 0.0639. The van der Waals surface area contributed by atoms with Gasteiger partial charge < -0.3 is 37.0 Å². The molecule has 8 N–H and O–H groups in total. The van der Waals surface area contributed by atoms with Crippen molar-refractivity contribution in [2.45, 2.75) is 43.9 Å². The van der Waals surface area contributed by atoms with Crippen molar-refractivity contribution in [3.05, 3.63) is 41.8 Å². The summed E-state index contributed by atoms with van der Waals surface area (Å²) < 4.78 is 7.60. The maximum Gasteiger partial charge on any atom is 0.352 e. The number of nitrogen functional groups attached to an aromatic ring is 1. The maximum atomic E-state index is 13.2. The third-order valence-corrected chi connectivity index (χ3v) is 8.63. The number of nitrogens with one attached hydrogen (secondary N) is 1. The second-order valence-electron chi connectivity index (χ2n) is 9.51. The molecule has 3 aromatic rings. The number of aryl methyl sites for hydroxylation is 1. The van der Waals surface area contributed by atoms with Gasteiger partial charge in [0.2, 0.25) is 23.8 Å². The summed E-state index contributed by atoms with van der Waals surface area (Å²) in [6.45, 7) is 2.41. The van der Waals surface area contributed by atoms with Crippen LogP contribution in [0.1, 0.15) is 19.2 Å². The first-order valence-corrected chi connectivity index (χ1v) is 14.8. The molecule has 3 aromatic heterocycles. The van der Waals surface area contributed by atoms with Crippen molar-refractivity contribution in [1.29, 1.82) is 0 Å². The van der Waals surface area contributed by atoms with E-state index in [2.05, 4.69) is 24.8 Å². The predicted molar refractivity (Wildman–Crippen MR) is 154 cm³/mol. The number of aliphatic carboxylic acids is 1. The highest BCUT2D eigenvalue weighted by Gasteiger charge is 2.54. The molecule has 2 unspecified atom stereocenters. The largest absolute Gasteiger partial charge is 0.477 e. The number of carbonyl (C=O) groups excluding carboxylic acids is 3. The Kier molecular flexibility index (Phi) is 8.55. The van der Waals surface area contributed by atoms with Crippen LogP contribution in [0.15, 0.2) is 41.1 Å². The lowest BCUT2D eigenvalue weighted by atomic mass is 10.0. The number of hydrogen-bond donors (Lipinski definition) is 5. The average Bonchev–Trinajstić information content (AvgIpc) is 3.60. The fraction of sp³-hybridized carbons (Fsp3) is 0.375. The summed E-state index contributed by atoms with van der Waals surface area (Å²) in [5.41, 5.74) is 18.1. The minimum Gasteiger partial charge on any atom is -0.477 e. The first kappa shape index (κ1) is 29.9. The van der Waals surface area contributed by atoms with Crippen LogP contribution in [-0.2, 0) is 37.1 Å². The van der Waals surface area contributed by atoms with Crippen molar-refractivity contribution in [3.63, 3.8) is 0 Å². The molecule has 0 saturated carbocycles. The summed E-state index contributed by atoms with van der Waals surface area (Å²) in [5.74, 6) is -2.97. The number of carbonyl (C=O) groups is 4. The molecule has 5 heterocycles. The molecule has 19 heteroatoms. The van der Waals surface area contributed by atoms with Crippen molar-refractivity contribution in [2.75, 3.05) is 18.1 Å². The van der Waals surface area contributed by atoms with E-state index in [9.17, 15) is 24.3 Å². The smallest absolute Gasteiger partial charge is 0.352 e. The van der Waals surface area contributed by atoms with E-state index >= 15 is 0 Å². The SMILES string of the molecule is CCO/N=C(\C(=O)NC1C(=O)N2C(C(=O)O)=C(C[n+]3cccc4c3ncn4CC[C@H](N)C(N)=O)CSC12)c1nsc(N)n1. The molecule has 2 aliphatic heterocycles. The fourth-order valence-electron chi connectivity index (χ4n) is 4.67. The molecule has 0 spiro atoms. The number of anilines is 1. The van der Waals surface area contributed by atoms with E-state index in [4.69, 9.17) is 22.0 Å². The number of nitrogens with two attached hydrogens (primary N) is 3. The van der Waals surface area contributed by atoms with Crippen molar-refractivity contribution in [3.8, 4) is 0 Å². The number of rotatable bonds is 12. The second kappa shape index (κ2) is 12.3. The number of imidazole rings is 1. The Morgan fingerprint density at radius 3 is 2.84 bits per heavy atom. The van der Waals surface area contributed by atoms with E-state index in [1.54, 1.807) is 30.1 Å². The monoisotopic (exact) mass is 630 g/mol. The van der Waals surface area contributed by atoms with Gasteiger partial charge in [-0.3, -0.25) is 19.3 Å². The molecular weight excluding hydrogens is 602 g/mol. The molecule has 0 aromatic carbocycles. The highest BCUT2D eigenvalue weighted by atomic mass is 32.2. The van der Waals surface area contributed by atoms with E-state index in [1.165, 1.54) is 16.7 Å². The van der Waals surface area contributed by atoms with Gasteiger partial charge in [0.1, 0.15) is 35.8 Å². The van der Waals surface area contributed by atoms with Gasteiger partial charge in [-0.05, 0) is 30.5 Å². The first-order valence-electron chi connectivity index (χ1n) is 13.0. The Hall–Kier alpha value is -4.62. The summed E-state index contributed by atoms with van der Waals surface area (Å²) in [6.07, 6.45) is 3.69. The Morgan fingerprint density at radius 1 is 1.37 bits per heavy atom. The third-order valence-electron chi connectivity index (χ3n) is 6.75. The topological polar surface area (TPSA) is 251 Å². The summed E-state index contributed by atoms with van der Waals surface area (Å²) in [6, 6.07) is 1.84. The lowest BCUT2D eigenvalue weighted by molar-refractivity contribution is -0.664. The molecule has 0 bridgehead atoms. The third kappa shape index (κ3) is 5.86. The number of oxime groups is 1. The minimum atomic E-state index is -1.27. The molecule has 0 aliphatic carbocycles. The molecule has 3 atom stereocenters. The Bertz CT molecular complexity index is 1670. The number of nitrogens with zero attached hydrogens (tertiary/aromatic N) is 7. The van der Waals surface area contributed by atoms with Crippen molar-refractivity contribution in [1.82, 2.24) is 29.1 Å².